The topological polar surface area (TPSA) is 32.8 Å². The molecule has 1 aliphatic rings. The maximum Gasteiger partial charge on any atom is 0.264 e. The van der Waals surface area contributed by atoms with Crippen molar-refractivity contribution in [1.82, 2.24) is 4.90 Å². The van der Waals surface area contributed by atoms with Crippen LogP contribution in [0, 0.1) is 0 Å². The Morgan fingerprint density at radius 3 is 2.83 bits per heavy atom. The third-order valence-electron chi connectivity index (χ3n) is 3.25. The second-order valence-corrected chi connectivity index (χ2v) is 5.00. The van der Waals surface area contributed by atoms with Crippen molar-refractivity contribution in [3.05, 3.63) is 23.8 Å². The first kappa shape index (κ1) is 13.2. The second-order valence-electron chi connectivity index (χ2n) is 4.63. The number of hydrogen-bond acceptors (Lipinski definition) is 4. The first-order valence-electron chi connectivity index (χ1n) is 5.85. The van der Waals surface area contributed by atoms with Crippen molar-refractivity contribution in [1.29, 1.82) is 0 Å². The number of anilines is 1. The number of ether oxygens (including phenoxy) is 1. The van der Waals surface area contributed by atoms with Gasteiger partial charge in [-0.05, 0) is 31.8 Å². The number of thiol groups is 1. The summed E-state index contributed by atoms with van der Waals surface area (Å²) in [5, 5.41) is 0. The molecule has 1 heterocycles. The van der Waals surface area contributed by atoms with Crippen LogP contribution in [0.5, 0.6) is 5.75 Å². The number of benzene rings is 1. The zero-order chi connectivity index (χ0) is 13.3. The molecular formula is C13H18N2O2S. The van der Waals surface area contributed by atoms with Crippen LogP contribution in [0.3, 0.4) is 0 Å². The predicted molar refractivity (Wildman–Crippen MR) is 75.6 cm³/mol. The molecule has 1 aromatic carbocycles. The van der Waals surface area contributed by atoms with Crippen molar-refractivity contribution in [2.45, 2.75) is 6.04 Å². The lowest BCUT2D eigenvalue weighted by atomic mass is 10.1. The first-order valence-corrected chi connectivity index (χ1v) is 6.48. The average molecular weight is 266 g/mol. The molecule has 2 rings (SSSR count). The van der Waals surface area contributed by atoms with Crippen LogP contribution in [0.15, 0.2) is 18.2 Å². The molecule has 0 saturated heterocycles. The van der Waals surface area contributed by atoms with Crippen molar-refractivity contribution in [3.8, 4) is 5.75 Å². The Hall–Kier alpha value is -1.20. The van der Waals surface area contributed by atoms with Gasteiger partial charge in [-0.3, -0.25) is 4.79 Å². The van der Waals surface area contributed by atoms with Crippen molar-refractivity contribution in [2.75, 3.05) is 38.4 Å². The van der Waals surface area contributed by atoms with Crippen LogP contribution in [0.25, 0.3) is 0 Å². The number of amides is 1. The van der Waals surface area contributed by atoms with Gasteiger partial charge in [0, 0.05) is 18.8 Å². The zero-order valence-corrected chi connectivity index (χ0v) is 11.8. The lowest BCUT2D eigenvalue weighted by molar-refractivity contribution is -0.120. The molecule has 0 aliphatic carbocycles. The molecule has 1 aliphatic heterocycles. The van der Waals surface area contributed by atoms with Gasteiger partial charge in [-0.2, -0.15) is 12.6 Å². The molecular weight excluding hydrogens is 248 g/mol. The number of likely N-dealkylation sites (N-methyl/N-ethyl adjacent to an activating group) is 1. The van der Waals surface area contributed by atoms with Gasteiger partial charge in [-0.25, -0.2) is 0 Å². The number of carbonyl (C=O) groups excluding carboxylic acids is 1. The summed E-state index contributed by atoms with van der Waals surface area (Å²) >= 11 is 4.38. The Balaban J connectivity index is 2.39. The summed E-state index contributed by atoms with van der Waals surface area (Å²) in [6.07, 6.45) is 0. The summed E-state index contributed by atoms with van der Waals surface area (Å²) < 4.78 is 5.41. The highest BCUT2D eigenvalue weighted by atomic mass is 32.1. The van der Waals surface area contributed by atoms with Gasteiger partial charge in [0.2, 0.25) is 0 Å². The Morgan fingerprint density at radius 2 is 2.22 bits per heavy atom. The summed E-state index contributed by atoms with van der Waals surface area (Å²) in [5.41, 5.74) is 1.97. The summed E-state index contributed by atoms with van der Waals surface area (Å²) in [6.45, 7) is 0.118. The van der Waals surface area contributed by atoms with E-state index >= 15 is 0 Å². The van der Waals surface area contributed by atoms with Crippen LogP contribution in [0.4, 0.5) is 5.69 Å². The van der Waals surface area contributed by atoms with E-state index in [2.05, 4.69) is 17.5 Å². The van der Waals surface area contributed by atoms with Crippen LogP contribution in [0.2, 0.25) is 0 Å². The lowest BCUT2D eigenvalue weighted by Crippen LogP contribution is -2.35. The summed E-state index contributed by atoms with van der Waals surface area (Å²) in [4.78, 5) is 15.4. The van der Waals surface area contributed by atoms with Crippen LogP contribution < -0.4 is 9.64 Å². The molecule has 0 spiro atoms. The molecule has 0 radical (unpaired) electrons. The molecule has 1 amide bonds. The Kier molecular flexibility index (Phi) is 3.82. The van der Waals surface area contributed by atoms with E-state index in [0.29, 0.717) is 0 Å². The van der Waals surface area contributed by atoms with Crippen molar-refractivity contribution in [3.63, 3.8) is 0 Å². The molecule has 1 unspecified atom stereocenters. The van der Waals surface area contributed by atoms with Crippen molar-refractivity contribution in [2.24, 2.45) is 0 Å². The summed E-state index contributed by atoms with van der Waals surface area (Å²) in [6, 6.07) is 6.19. The van der Waals surface area contributed by atoms with Gasteiger partial charge in [-0.15, -0.1) is 0 Å². The zero-order valence-electron chi connectivity index (χ0n) is 10.9. The maximum atomic E-state index is 11.6. The van der Waals surface area contributed by atoms with Gasteiger partial charge in [-0.1, -0.05) is 6.07 Å². The first-order chi connectivity index (χ1) is 8.54. The molecule has 0 bridgehead atoms. The summed E-state index contributed by atoms with van der Waals surface area (Å²) in [5.74, 6) is 1.47. The molecule has 0 aromatic heterocycles. The molecule has 98 valence electrons. The van der Waals surface area contributed by atoms with E-state index in [1.807, 2.05) is 32.3 Å². The highest BCUT2D eigenvalue weighted by Gasteiger charge is 2.23. The number of hydrogen-bond donors (Lipinski definition) is 1. The number of fused-ring (bicyclic) bond motifs is 1. The fourth-order valence-corrected chi connectivity index (χ4v) is 2.60. The Morgan fingerprint density at radius 1 is 1.50 bits per heavy atom. The molecule has 18 heavy (non-hydrogen) atoms. The van der Waals surface area contributed by atoms with Crippen LogP contribution in [0.1, 0.15) is 11.6 Å². The van der Waals surface area contributed by atoms with E-state index in [-0.39, 0.29) is 18.6 Å². The summed E-state index contributed by atoms with van der Waals surface area (Å²) in [7, 11) is 5.82. The normalized spacial score (nSPS) is 16.5. The smallest absolute Gasteiger partial charge is 0.264 e. The third-order valence-corrected chi connectivity index (χ3v) is 3.60. The Bertz CT molecular complexity index is 462. The minimum Gasteiger partial charge on any atom is -0.482 e. The average Bonchev–Trinajstić information content (AvgIpc) is 2.35. The largest absolute Gasteiger partial charge is 0.482 e. The van der Waals surface area contributed by atoms with Crippen LogP contribution in [-0.2, 0) is 4.79 Å². The van der Waals surface area contributed by atoms with Gasteiger partial charge in [0.15, 0.2) is 6.61 Å². The molecule has 5 heteroatoms. The van der Waals surface area contributed by atoms with E-state index in [1.165, 1.54) is 0 Å². The molecule has 1 aromatic rings. The van der Waals surface area contributed by atoms with E-state index in [9.17, 15) is 4.79 Å². The Labute approximate surface area is 113 Å². The number of carbonyl (C=O) groups is 1. The molecule has 0 N–H and O–H groups in total. The van der Waals surface area contributed by atoms with Gasteiger partial charge in [0.05, 0.1) is 5.69 Å². The predicted octanol–water partition coefficient (Wildman–Crippen LogP) is 1.57. The second kappa shape index (κ2) is 5.20. The standard InChI is InChI=1S/C13H18N2O2S/c1-14(2)11(8-18)9-4-5-12-10(6-9)15(3)13(16)7-17-12/h4-6,11,18H,7-8H2,1-3H3. The van der Waals surface area contributed by atoms with E-state index in [0.717, 1.165) is 22.8 Å². The SMILES string of the molecule is CN1C(=O)COc2ccc(C(CS)N(C)C)cc21. The van der Waals surface area contributed by atoms with E-state index in [4.69, 9.17) is 4.74 Å². The fraction of sp³-hybridized carbons (Fsp3) is 0.462. The van der Waals surface area contributed by atoms with Crippen LogP contribution >= 0.6 is 12.6 Å². The molecule has 1 atom stereocenters. The molecule has 0 fully saturated rings. The van der Waals surface area contributed by atoms with Crippen molar-refractivity contribution >= 4 is 24.2 Å². The number of nitrogens with zero attached hydrogens (tertiary/aromatic N) is 2. The van der Waals surface area contributed by atoms with Gasteiger partial charge in [0.1, 0.15) is 5.75 Å². The van der Waals surface area contributed by atoms with Crippen LogP contribution in [-0.4, -0.2) is 44.3 Å². The minimum atomic E-state index is -0.0214. The van der Waals surface area contributed by atoms with Crippen molar-refractivity contribution < 1.29 is 9.53 Å². The minimum absolute atomic E-state index is 0.0214. The van der Waals surface area contributed by atoms with E-state index in [1.54, 1.807) is 11.9 Å². The van der Waals surface area contributed by atoms with Gasteiger partial charge < -0.3 is 14.5 Å². The molecule has 4 nitrogen and oxygen atoms in total. The lowest BCUT2D eigenvalue weighted by Gasteiger charge is -2.29. The third kappa shape index (κ3) is 2.33. The maximum absolute atomic E-state index is 11.6. The highest BCUT2D eigenvalue weighted by molar-refractivity contribution is 7.80. The fourth-order valence-electron chi connectivity index (χ4n) is 2.06. The monoisotopic (exact) mass is 266 g/mol. The van der Waals surface area contributed by atoms with Gasteiger partial charge in [0.25, 0.3) is 5.91 Å². The number of rotatable bonds is 3. The molecule has 0 saturated carbocycles. The quantitative estimate of drug-likeness (QED) is 0.843. The van der Waals surface area contributed by atoms with Gasteiger partial charge >= 0.3 is 0 Å². The van der Waals surface area contributed by atoms with E-state index < -0.39 is 0 Å². The highest BCUT2D eigenvalue weighted by Crippen LogP contribution is 2.34.